The van der Waals surface area contributed by atoms with Crippen molar-refractivity contribution in [1.82, 2.24) is 4.90 Å². The summed E-state index contributed by atoms with van der Waals surface area (Å²) >= 11 is 1.45. The van der Waals surface area contributed by atoms with Gasteiger partial charge in [-0.3, -0.25) is 4.79 Å². The maximum absolute atomic E-state index is 12.3. The van der Waals surface area contributed by atoms with E-state index in [9.17, 15) is 9.59 Å². The summed E-state index contributed by atoms with van der Waals surface area (Å²) in [6.07, 6.45) is 2.63. The maximum atomic E-state index is 12.3. The van der Waals surface area contributed by atoms with Crippen LogP contribution in [0.3, 0.4) is 0 Å². The van der Waals surface area contributed by atoms with E-state index < -0.39 is 0 Å². The number of nitrogens with zero attached hydrogens (tertiary/aromatic N) is 1. The molecule has 1 saturated heterocycles. The van der Waals surface area contributed by atoms with Crippen molar-refractivity contribution in [2.24, 2.45) is 0 Å². The zero-order valence-electron chi connectivity index (χ0n) is 15.3. The minimum atomic E-state index is -0.337. The molecule has 24 heavy (non-hydrogen) atoms. The molecule has 5 nitrogen and oxygen atoms in total. The number of thiophene rings is 1. The fourth-order valence-corrected chi connectivity index (χ4v) is 3.88. The van der Waals surface area contributed by atoms with Gasteiger partial charge in [0.05, 0.1) is 12.8 Å². The first kappa shape index (κ1) is 18.8. The fraction of sp³-hybridized carbons (Fsp3) is 0.667. The van der Waals surface area contributed by atoms with E-state index in [-0.39, 0.29) is 23.3 Å². The van der Waals surface area contributed by atoms with Crippen LogP contribution in [0.2, 0.25) is 0 Å². The SMILES string of the molecule is COC(=O)c1sc(C(C)(C)C)cc1NC(C)CC(=O)N1CCCC1. The van der Waals surface area contributed by atoms with Crippen molar-refractivity contribution in [2.75, 3.05) is 25.5 Å². The third-order valence-electron chi connectivity index (χ3n) is 4.18. The number of carbonyl (C=O) groups is 2. The Labute approximate surface area is 148 Å². The third kappa shape index (κ3) is 4.50. The number of ether oxygens (including phenoxy) is 1. The summed E-state index contributed by atoms with van der Waals surface area (Å²) in [5.41, 5.74) is 0.723. The lowest BCUT2D eigenvalue weighted by atomic mass is 9.94. The van der Waals surface area contributed by atoms with Crippen molar-refractivity contribution in [3.63, 3.8) is 0 Å². The molecule has 2 rings (SSSR count). The molecule has 0 aromatic carbocycles. The lowest BCUT2D eigenvalue weighted by Crippen LogP contribution is -2.32. The monoisotopic (exact) mass is 352 g/mol. The molecule has 0 spiro atoms. The Morgan fingerprint density at radius 3 is 2.50 bits per heavy atom. The van der Waals surface area contributed by atoms with Gasteiger partial charge in [0, 0.05) is 30.4 Å². The van der Waals surface area contributed by atoms with Gasteiger partial charge in [-0.1, -0.05) is 20.8 Å². The van der Waals surface area contributed by atoms with Gasteiger partial charge >= 0.3 is 5.97 Å². The molecule has 1 atom stereocenters. The number of rotatable bonds is 5. The highest BCUT2D eigenvalue weighted by Gasteiger charge is 2.25. The van der Waals surface area contributed by atoms with E-state index in [2.05, 4.69) is 26.1 Å². The maximum Gasteiger partial charge on any atom is 0.350 e. The molecule has 1 N–H and O–H groups in total. The molecule has 134 valence electrons. The molecule has 2 heterocycles. The van der Waals surface area contributed by atoms with Crippen LogP contribution in [0, 0.1) is 0 Å². The van der Waals surface area contributed by atoms with Crippen LogP contribution in [0.15, 0.2) is 6.07 Å². The number of hydrogen-bond acceptors (Lipinski definition) is 5. The van der Waals surface area contributed by atoms with Crippen molar-refractivity contribution < 1.29 is 14.3 Å². The van der Waals surface area contributed by atoms with Gasteiger partial charge in [-0.25, -0.2) is 4.79 Å². The number of hydrogen-bond donors (Lipinski definition) is 1. The summed E-state index contributed by atoms with van der Waals surface area (Å²) in [4.78, 5) is 28.0. The minimum Gasteiger partial charge on any atom is -0.465 e. The van der Waals surface area contributed by atoms with Gasteiger partial charge in [-0.2, -0.15) is 0 Å². The largest absolute Gasteiger partial charge is 0.465 e. The molecular weight excluding hydrogens is 324 g/mol. The molecule has 0 radical (unpaired) electrons. The first-order valence-corrected chi connectivity index (χ1v) is 9.31. The zero-order chi connectivity index (χ0) is 17.9. The Hall–Kier alpha value is -1.56. The highest BCUT2D eigenvalue weighted by molar-refractivity contribution is 7.14. The predicted octanol–water partition coefficient (Wildman–Crippen LogP) is 3.65. The number of esters is 1. The molecule has 6 heteroatoms. The van der Waals surface area contributed by atoms with Gasteiger partial charge in [0.2, 0.25) is 5.91 Å². The summed E-state index contributed by atoms with van der Waals surface area (Å²) in [6, 6.07) is 1.97. The molecule has 1 fully saturated rings. The van der Waals surface area contributed by atoms with Crippen LogP contribution in [0.25, 0.3) is 0 Å². The predicted molar refractivity (Wildman–Crippen MR) is 97.9 cm³/mol. The standard InChI is InChI=1S/C18H28N2O3S/c1-12(10-15(21)20-8-6-7-9-20)19-13-11-14(18(2,3)4)24-16(13)17(22)23-5/h11-12,19H,6-10H2,1-5H3. The summed E-state index contributed by atoms with van der Waals surface area (Å²) in [6.45, 7) is 10.1. The summed E-state index contributed by atoms with van der Waals surface area (Å²) in [7, 11) is 1.39. The topological polar surface area (TPSA) is 58.6 Å². The van der Waals surface area contributed by atoms with E-state index in [1.54, 1.807) is 0 Å². The number of likely N-dealkylation sites (tertiary alicyclic amines) is 1. The fourth-order valence-electron chi connectivity index (χ4n) is 2.79. The molecule has 1 amide bonds. The molecule has 0 saturated carbocycles. The van der Waals surface area contributed by atoms with Gasteiger partial charge < -0.3 is 15.0 Å². The number of methoxy groups -OCH3 is 1. The van der Waals surface area contributed by atoms with Crippen LogP contribution in [0.1, 0.15) is 61.5 Å². The van der Waals surface area contributed by atoms with Crippen molar-refractivity contribution in [1.29, 1.82) is 0 Å². The van der Waals surface area contributed by atoms with Gasteiger partial charge in [-0.05, 0) is 31.2 Å². The van der Waals surface area contributed by atoms with Crippen LogP contribution < -0.4 is 5.32 Å². The first-order chi connectivity index (χ1) is 11.2. The Morgan fingerprint density at radius 1 is 1.33 bits per heavy atom. The van der Waals surface area contributed by atoms with E-state index >= 15 is 0 Å². The number of amides is 1. The molecule has 1 unspecified atom stereocenters. The second-order valence-corrected chi connectivity index (χ2v) is 8.48. The normalized spacial score (nSPS) is 16.1. The molecule has 1 aliphatic rings. The molecule has 1 aliphatic heterocycles. The van der Waals surface area contributed by atoms with E-state index in [1.807, 2.05) is 17.9 Å². The Bertz CT molecular complexity index is 598. The average molecular weight is 353 g/mol. The van der Waals surface area contributed by atoms with E-state index in [0.29, 0.717) is 11.3 Å². The van der Waals surface area contributed by atoms with Gasteiger partial charge in [0.1, 0.15) is 4.88 Å². The van der Waals surface area contributed by atoms with Gasteiger partial charge in [0.25, 0.3) is 0 Å². The molecular formula is C18H28N2O3S. The summed E-state index contributed by atoms with van der Waals surface area (Å²) in [5.74, 6) is -0.158. The number of anilines is 1. The lowest BCUT2D eigenvalue weighted by molar-refractivity contribution is -0.130. The van der Waals surface area contributed by atoms with Crippen LogP contribution in [-0.2, 0) is 14.9 Å². The molecule has 0 aliphatic carbocycles. The van der Waals surface area contributed by atoms with E-state index in [4.69, 9.17) is 4.74 Å². The molecule has 1 aromatic heterocycles. The summed E-state index contributed by atoms with van der Waals surface area (Å²) < 4.78 is 4.90. The average Bonchev–Trinajstić information content (AvgIpc) is 3.15. The quantitative estimate of drug-likeness (QED) is 0.822. The number of carbonyl (C=O) groups excluding carboxylic acids is 2. The van der Waals surface area contributed by atoms with Crippen molar-refractivity contribution >= 4 is 28.9 Å². The second kappa shape index (κ2) is 7.55. The first-order valence-electron chi connectivity index (χ1n) is 8.49. The Morgan fingerprint density at radius 2 is 1.96 bits per heavy atom. The zero-order valence-corrected chi connectivity index (χ0v) is 16.1. The van der Waals surface area contributed by atoms with Crippen molar-refractivity contribution in [3.05, 3.63) is 15.8 Å². The van der Waals surface area contributed by atoms with Crippen LogP contribution in [0.4, 0.5) is 5.69 Å². The molecule has 1 aromatic rings. The van der Waals surface area contributed by atoms with Crippen LogP contribution in [0.5, 0.6) is 0 Å². The van der Waals surface area contributed by atoms with E-state index in [0.717, 1.165) is 36.5 Å². The van der Waals surface area contributed by atoms with Crippen LogP contribution >= 0.6 is 11.3 Å². The second-order valence-electron chi connectivity index (χ2n) is 7.43. The highest BCUT2D eigenvalue weighted by atomic mass is 32.1. The molecule has 0 bridgehead atoms. The third-order valence-corrected chi connectivity index (χ3v) is 5.72. The number of nitrogens with one attached hydrogen (secondary N) is 1. The van der Waals surface area contributed by atoms with Gasteiger partial charge in [0.15, 0.2) is 0 Å². The van der Waals surface area contributed by atoms with E-state index in [1.165, 1.54) is 18.4 Å². The van der Waals surface area contributed by atoms with Crippen molar-refractivity contribution in [2.45, 2.75) is 58.4 Å². The minimum absolute atomic E-state index is 0.0380. The van der Waals surface area contributed by atoms with Crippen LogP contribution in [-0.4, -0.2) is 43.0 Å². The highest BCUT2D eigenvalue weighted by Crippen LogP contribution is 2.36. The Kier molecular flexibility index (Phi) is 5.91. The smallest absolute Gasteiger partial charge is 0.350 e. The summed E-state index contributed by atoms with van der Waals surface area (Å²) in [5, 5.41) is 3.33. The Balaban J connectivity index is 2.10. The van der Waals surface area contributed by atoms with Gasteiger partial charge in [-0.15, -0.1) is 11.3 Å². The lowest BCUT2D eigenvalue weighted by Gasteiger charge is -2.20. The van der Waals surface area contributed by atoms with Crippen molar-refractivity contribution in [3.8, 4) is 0 Å².